The molecule has 0 radical (unpaired) electrons. The van der Waals surface area contributed by atoms with Crippen LogP contribution in [-0.4, -0.2) is 0 Å². The van der Waals surface area contributed by atoms with Crippen LogP contribution in [-0.2, 0) is 0 Å². The van der Waals surface area contributed by atoms with E-state index in [0.29, 0.717) is 0 Å². The minimum Gasteiger partial charge on any atom is -1.00 e. The van der Waals surface area contributed by atoms with Crippen LogP contribution in [0.15, 0.2) is 33.4 Å². The summed E-state index contributed by atoms with van der Waals surface area (Å²) < 4.78 is 0. The number of rotatable bonds is 0. The van der Waals surface area contributed by atoms with E-state index in [0.717, 1.165) is 0 Å². The van der Waals surface area contributed by atoms with Crippen molar-refractivity contribution in [3.8, 4) is 0 Å². The molecule has 0 aromatic rings. The van der Waals surface area contributed by atoms with Crippen LogP contribution in [0.3, 0.4) is 0 Å². The van der Waals surface area contributed by atoms with Gasteiger partial charge < -0.3 is 1.43 Å². The van der Waals surface area contributed by atoms with E-state index in [1.165, 1.54) is 33.4 Å². The molecule has 132 valence electrons. The van der Waals surface area contributed by atoms with Crippen molar-refractivity contribution >= 4 is 24.8 Å². The molecule has 0 bridgehead atoms. The van der Waals surface area contributed by atoms with Gasteiger partial charge in [-0.15, -0.1) is 38.7 Å². The number of hydrogen-bond donors (Lipinski definition) is 0. The van der Waals surface area contributed by atoms with Crippen LogP contribution in [0.4, 0.5) is 0 Å². The van der Waals surface area contributed by atoms with Gasteiger partial charge in [0.05, 0.1) is 0 Å². The van der Waals surface area contributed by atoms with Crippen molar-refractivity contribution < 1.29 is 62.1 Å². The Kier molecular flexibility index (Phi) is 16.8. The minimum absolute atomic E-state index is 0. The number of hydrogen-bond acceptors (Lipinski definition) is 0. The van der Waals surface area contributed by atoms with E-state index < -0.39 is 0 Å². The average molecular weight is 605 g/mol. The molecule has 0 aromatic carbocycles. The Hall–Kier alpha value is 1.59. The fourth-order valence-corrected chi connectivity index (χ4v) is 2.81. The topological polar surface area (TPSA) is 0 Å². The third-order valence-corrected chi connectivity index (χ3v) is 5.12. The van der Waals surface area contributed by atoms with Crippen molar-refractivity contribution in [2.75, 3.05) is 0 Å². The summed E-state index contributed by atoms with van der Waals surface area (Å²) >= 11 is 0. The summed E-state index contributed by atoms with van der Waals surface area (Å²) in [4.78, 5) is 0. The molecule has 0 saturated heterocycles. The SMILES string of the molecule is CC1=[C-]C(C)(C)C(C)=C1C.CC1=[C-]C(C)(C)C(C)=C1C.Cl.Cl.[H-].[Na+].[U+2]. The predicted octanol–water partition coefficient (Wildman–Crippen LogP) is 4.18. The van der Waals surface area contributed by atoms with E-state index in [1.807, 2.05) is 0 Å². The summed E-state index contributed by atoms with van der Waals surface area (Å²) in [6.07, 6.45) is 6.87. The fraction of sp³-hybridized carbons (Fsp3) is 0.600. The van der Waals surface area contributed by atoms with Gasteiger partial charge in [-0.05, 0) is 0 Å². The fourth-order valence-electron chi connectivity index (χ4n) is 2.81. The Morgan fingerprint density at radius 1 is 0.625 bits per heavy atom. The summed E-state index contributed by atoms with van der Waals surface area (Å²) in [5.41, 5.74) is 8.79. The molecule has 24 heavy (non-hydrogen) atoms. The second-order valence-corrected chi connectivity index (χ2v) is 7.25. The van der Waals surface area contributed by atoms with E-state index in [9.17, 15) is 0 Å². The van der Waals surface area contributed by atoms with Crippen molar-refractivity contribution in [1.29, 1.82) is 0 Å². The van der Waals surface area contributed by atoms with Gasteiger partial charge in [0, 0.05) is 0 Å². The molecular formula is C20H33Cl2NaU. The van der Waals surface area contributed by atoms with Crippen LogP contribution < -0.4 is 29.6 Å². The van der Waals surface area contributed by atoms with E-state index in [-0.39, 0.29) is 97.7 Å². The zero-order valence-corrected chi connectivity index (χ0v) is 25.1. The average Bonchev–Trinajstić information content (AvgIpc) is 2.60. The maximum Gasteiger partial charge on any atom is 2.00 e. The molecule has 0 heterocycles. The molecule has 0 atom stereocenters. The minimum atomic E-state index is 0. The van der Waals surface area contributed by atoms with Crippen molar-refractivity contribution in [2.24, 2.45) is 10.8 Å². The van der Waals surface area contributed by atoms with Crippen LogP contribution in [0, 0.1) is 54.1 Å². The van der Waals surface area contributed by atoms with Crippen LogP contribution in [0.5, 0.6) is 0 Å². The third-order valence-electron chi connectivity index (χ3n) is 5.12. The maximum absolute atomic E-state index is 3.44. The molecule has 2 aliphatic rings. The molecular weight excluding hydrogens is 572 g/mol. The standard InChI is InChI=1S/2C10H15.2ClH.Na.U.H/c2*1-7-6-10(4,5)9(3)8(7)2;;;;;/h2*1-5H3;2*1H;;;/q2*-1;;;+1;+2;-1. The van der Waals surface area contributed by atoms with Crippen molar-refractivity contribution in [2.45, 2.75) is 69.2 Å². The van der Waals surface area contributed by atoms with E-state index >= 15 is 0 Å². The van der Waals surface area contributed by atoms with E-state index in [2.05, 4.69) is 81.4 Å². The summed E-state index contributed by atoms with van der Waals surface area (Å²) in [6.45, 7) is 21.8. The van der Waals surface area contributed by atoms with Gasteiger partial charge >= 0.3 is 60.7 Å². The Balaban J connectivity index is -0.0000000889. The monoisotopic (exact) mass is 604 g/mol. The first-order chi connectivity index (χ1) is 8.90. The van der Waals surface area contributed by atoms with Crippen LogP contribution >= 0.6 is 24.8 Å². The van der Waals surface area contributed by atoms with Gasteiger partial charge in [0.25, 0.3) is 0 Å². The zero-order valence-electron chi connectivity index (χ0n) is 18.3. The first kappa shape index (κ1) is 33.2. The van der Waals surface area contributed by atoms with Crippen molar-refractivity contribution in [3.63, 3.8) is 0 Å². The Morgan fingerprint density at radius 2 is 0.833 bits per heavy atom. The van der Waals surface area contributed by atoms with Crippen LogP contribution in [0.25, 0.3) is 0 Å². The van der Waals surface area contributed by atoms with Gasteiger partial charge in [0.15, 0.2) is 0 Å². The largest absolute Gasteiger partial charge is 2.00 e. The summed E-state index contributed by atoms with van der Waals surface area (Å²) in [6, 6.07) is 0. The summed E-state index contributed by atoms with van der Waals surface area (Å²) in [5.74, 6) is 0. The first-order valence-corrected chi connectivity index (χ1v) is 7.50. The van der Waals surface area contributed by atoms with E-state index in [1.54, 1.807) is 0 Å². The zero-order chi connectivity index (χ0) is 15.9. The normalized spacial score (nSPS) is 19.6. The molecule has 2 rings (SSSR count). The molecule has 0 unspecified atom stereocenters. The van der Waals surface area contributed by atoms with Gasteiger partial charge in [-0.1, -0.05) is 66.2 Å². The Morgan fingerprint density at radius 3 is 0.875 bits per heavy atom. The van der Waals surface area contributed by atoms with Gasteiger partial charge in [0.1, 0.15) is 0 Å². The van der Waals surface area contributed by atoms with Gasteiger partial charge in [-0.25, -0.2) is 11.1 Å². The molecule has 0 spiro atoms. The first-order valence-electron chi connectivity index (χ1n) is 7.50. The molecule has 0 aliphatic heterocycles. The molecule has 0 N–H and O–H groups in total. The quantitative estimate of drug-likeness (QED) is 0.287. The predicted molar refractivity (Wildman–Crippen MR) is 105 cm³/mol. The third kappa shape index (κ3) is 7.68. The molecule has 0 aromatic heterocycles. The molecule has 0 fully saturated rings. The molecule has 0 saturated carbocycles. The molecule has 2 aliphatic carbocycles. The van der Waals surface area contributed by atoms with Gasteiger partial charge in [0.2, 0.25) is 0 Å². The molecule has 0 amide bonds. The van der Waals surface area contributed by atoms with Crippen molar-refractivity contribution in [1.82, 2.24) is 0 Å². The maximum atomic E-state index is 3.44. The summed E-state index contributed by atoms with van der Waals surface area (Å²) in [7, 11) is 0. The Bertz CT molecular complexity index is 506. The van der Waals surface area contributed by atoms with Crippen molar-refractivity contribution in [3.05, 3.63) is 45.6 Å². The smallest absolute Gasteiger partial charge is 1.00 e. The molecule has 0 nitrogen and oxygen atoms in total. The van der Waals surface area contributed by atoms with Crippen LogP contribution in [0.2, 0.25) is 0 Å². The van der Waals surface area contributed by atoms with E-state index in [4.69, 9.17) is 0 Å². The number of allylic oxidation sites excluding steroid dienone is 8. The van der Waals surface area contributed by atoms with Gasteiger partial charge in [-0.3, -0.25) is 12.2 Å². The summed E-state index contributed by atoms with van der Waals surface area (Å²) in [5, 5.41) is 0. The van der Waals surface area contributed by atoms with Crippen LogP contribution in [0.1, 0.15) is 70.7 Å². The second kappa shape index (κ2) is 12.1. The second-order valence-electron chi connectivity index (χ2n) is 7.25. The Labute approximate surface area is 210 Å². The number of halogens is 2. The molecule has 4 heteroatoms. The van der Waals surface area contributed by atoms with Gasteiger partial charge in [-0.2, -0.15) is 22.3 Å².